The number of aliphatic imine (C=N–C) groups is 1. The van der Waals surface area contributed by atoms with Crippen molar-refractivity contribution in [2.75, 3.05) is 0 Å². The molecular formula is C21H23N3O4S. The number of thioether (sulfide) groups is 1. The summed E-state index contributed by atoms with van der Waals surface area (Å²) in [6.07, 6.45) is 1.72. The average Bonchev–Trinajstić information content (AvgIpc) is 3.19. The first-order valence-electron chi connectivity index (χ1n) is 9.33. The average molecular weight is 413 g/mol. The van der Waals surface area contributed by atoms with Gasteiger partial charge < -0.3 is 4.42 Å². The van der Waals surface area contributed by atoms with Gasteiger partial charge in [0.15, 0.2) is 5.17 Å². The number of amidine groups is 1. The number of benzene rings is 1. The van der Waals surface area contributed by atoms with Gasteiger partial charge >= 0.3 is 0 Å². The molecule has 0 N–H and O–H groups in total. The maximum Gasteiger partial charge on any atom is 0.269 e. The predicted octanol–water partition coefficient (Wildman–Crippen LogP) is 5.25. The Hall–Kier alpha value is -2.87. The molecule has 0 spiro atoms. The molecule has 0 aliphatic carbocycles. The number of aryl methyl sites for hydroxylation is 1. The third kappa shape index (κ3) is 4.42. The fourth-order valence-corrected chi connectivity index (χ4v) is 4.21. The van der Waals surface area contributed by atoms with E-state index in [0.29, 0.717) is 21.6 Å². The van der Waals surface area contributed by atoms with Gasteiger partial charge in [-0.15, -0.1) is 0 Å². The van der Waals surface area contributed by atoms with Crippen molar-refractivity contribution in [3.05, 3.63) is 56.7 Å². The lowest BCUT2D eigenvalue weighted by Crippen LogP contribution is -2.35. The maximum atomic E-state index is 12.8. The van der Waals surface area contributed by atoms with Gasteiger partial charge in [-0.2, -0.15) is 0 Å². The number of non-ortho nitro benzene ring substituents is 1. The minimum Gasteiger partial charge on any atom is -0.457 e. The Bertz CT molecular complexity index is 1020. The Morgan fingerprint density at radius 3 is 2.52 bits per heavy atom. The summed E-state index contributed by atoms with van der Waals surface area (Å²) in [6.45, 7) is 9.67. The van der Waals surface area contributed by atoms with Crippen LogP contribution >= 0.6 is 11.8 Å². The van der Waals surface area contributed by atoms with Crippen molar-refractivity contribution in [3.8, 4) is 11.3 Å². The van der Waals surface area contributed by atoms with Gasteiger partial charge in [0.2, 0.25) is 0 Å². The van der Waals surface area contributed by atoms with Crippen LogP contribution in [0.4, 0.5) is 5.69 Å². The Morgan fingerprint density at radius 2 is 1.93 bits per heavy atom. The first-order valence-corrected chi connectivity index (χ1v) is 10.1. The molecule has 0 bridgehead atoms. The van der Waals surface area contributed by atoms with Gasteiger partial charge in [-0.1, -0.05) is 0 Å². The van der Waals surface area contributed by atoms with E-state index in [1.165, 1.54) is 23.9 Å². The van der Waals surface area contributed by atoms with Crippen LogP contribution in [0.1, 0.15) is 39.0 Å². The summed E-state index contributed by atoms with van der Waals surface area (Å²) in [7, 11) is 0. The highest BCUT2D eigenvalue weighted by atomic mass is 32.2. The third-order valence-electron chi connectivity index (χ3n) is 4.31. The van der Waals surface area contributed by atoms with E-state index >= 15 is 0 Å². The largest absolute Gasteiger partial charge is 0.457 e. The van der Waals surface area contributed by atoms with Crippen molar-refractivity contribution in [2.24, 2.45) is 4.99 Å². The topological polar surface area (TPSA) is 89.0 Å². The van der Waals surface area contributed by atoms with E-state index in [4.69, 9.17) is 4.42 Å². The van der Waals surface area contributed by atoms with Crippen LogP contribution in [0, 0.1) is 17.0 Å². The lowest BCUT2D eigenvalue weighted by atomic mass is 10.1. The Morgan fingerprint density at radius 1 is 1.21 bits per heavy atom. The molecular weight excluding hydrogens is 390 g/mol. The molecule has 1 aromatic carbocycles. The van der Waals surface area contributed by atoms with Gasteiger partial charge in [-0.25, -0.2) is 0 Å². The molecule has 3 rings (SSSR count). The Balaban J connectivity index is 1.90. The van der Waals surface area contributed by atoms with Crippen LogP contribution in [-0.2, 0) is 4.79 Å². The van der Waals surface area contributed by atoms with Crippen molar-refractivity contribution in [1.82, 2.24) is 4.90 Å². The molecule has 7 nitrogen and oxygen atoms in total. The molecule has 29 heavy (non-hydrogen) atoms. The second-order valence-electron chi connectivity index (χ2n) is 7.34. The molecule has 1 saturated heterocycles. The van der Waals surface area contributed by atoms with Crippen LogP contribution in [0.3, 0.4) is 0 Å². The molecule has 2 aromatic rings. The molecule has 1 aromatic heterocycles. The summed E-state index contributed by atoms with van der Waals surface area (Å²) in [6, 6.07) is 8.32. The van der Waals surface area contributed by atoms with Crippen LogP contribution in [0.2, 0.25) is 0 Å². The molecule has 0 saturated carbocycles. The molecule has 0 unspecified atom stereocenters. The maximum absolute atomic E-state index is 12.8. The van der Waals surface area contributed by atoms with Crippen LogP contribution in [0.25, 0.3) is 17.4 Å². The van der Waals surface area contributed by atoms with Crippen LogP contribution < -0.4 is 0 Å². The second-order valence-corrected chi connectivity index (χ2v) is 8.35. The van der Waals surface area contributed by atoms with Crippen molar-refractivity contribution in [1.29, 1.82) is 0 Å². The number of nitro benzene ring substituents is 1. The number of hydrogen-bond acceptors (Lipinski definition) is 6. The number of carbonyl (C=O) groups excluding carboxylic acids is 1. The number of carbonyl (C=O) groups is 1. The van der Waals surface area contributed by atoms with E-state index in [9.17, 15) is 14.9 Å². The highest BCUT2D eigenvalue weighted by Gasteiger charge is 2.35. The van der Waals surface area contributed by atoms with Gasteiger partial charge in [0.05, 0.1) is 9.83 Å². The number of amides is 1. The first-order chi connectivity index (χ1) is 13.7. The summed E-state index contributed by atoms with van der Waals surface area (Å²) < 4.78 is 5.90. The van der Waals surface area contributed by atoms with E-state index in [0.717, 1.165) is 11.1 Å². The molecule has 8 heteroatoms. The van der Waals surface area contributed by atoms with Gasteiger partial charge in [-0.3, -0.25) is 24.8 Å². The second kappa shape index (κ2) is 8.24. The third-order valence-corrected chi connectivity index (χ3v) is 5.31. The van der Waals surface area contributed by atoms with E-state index in [1.807, 2.05) is 27.7 Å². The summed E-state index contributed by atoms with van der Waals surface area (Å²) in [5.74, 6) is 1.05. The van der Waals surface area contributed by atoms with E-state index in [-0.39, 0.29) is 23.7 Å². The quantitative estimate of drug-likeness (QED) is 0.379. The minimum atomic E-state index is -0.422. The minimum absolute atomic E-state index is 0.00770. The van der Waals surface area contributed by atoms with Crippen LogP contribution in [-0.4, -0.2) is 33.0 Å². The van der Waals surface area contributed by atoms with Crippen molar-refractivity contribution in [3.63, 3.8) is 0 Å². The Labute approximate surface area is 173 Å². The highest BCUT2D eigenvalue weighted by Crippen LogP contribution is 2.35. The number of hydrogen-bond donors (Lipinski definition) is 0. The van der Waals surface area contributed by atoms with Crippen LogP contribution in [0.15, 0.2) is 44.6 Å². The van der Waals surface area contributed by atoms with E-state index < -0.39 is 4.92 Å². The molecule has 1 aliphatic rings. The number of rotatable bonds is 5. The monoisotopic (exact) mass is 413 g/mol. The van der Waals surface area contributed by atoms with E-state index in [1.54, 1.807) is 36.1 Å². The number of nitro groups is 1. The summed E-state index contributed by atoms with van der Waals surface area (Å²) >= 11 is 1.34. The zero-order valence-electron chi connectivity index (χ0n) is 17.0. The van der Waals surface area contributed by atoms with Crippen LogP contribution in [0.5, 0.6) is 0 Å². The normalized spacial score (nSPS) is 17.3. The molecule has 0 radical (unpaired) electrons. The van der Waals surface area contributed by atoms with Gasteiger partial charge in [0.25, 0.3) is 11.6 Å². The van der Waals surface area contributed by atoms with Gasteiger partial charge in [0, 0.05) is 35.9 Å². The predicted molar refractivity (Wildman–Crippen MR) is 116 cm³/mol. The smallest absolute Gasteiger partial charge is 0.269 e. The fraction of sp³-hybridized carbons (Fsp3) is 0.333. The SMILES string of the molecule is Cc1cc([N+](=O)[O-])ccc1-c1ccc(/C=C2\SC(=NC(C)C)N(C(C)C)C2=O)o1. The highest BCUT2D eigenvalue weighted by molar-refractivity contribution is 8.18. The number of nitrogens with zero attached hydrogens (tertiary/aromatic N) is 3. The van der Waals surface area contributed by atoms with Gasteiger partial charge in [0.1, 0.15) is 11.5 Å². The summed E-state index contributed by atoms with van der Waals surface area (Å²) in [4.78, 5) is 30.1. The molecule has 1 amide bonds. The zero-order valence-corrected chi connectivity index (χ0v) is 17.8. The standard InChI is InChI=1S/C21H23N3O4S/c1-12(2)22-21-23(13(3)4)20(25)19(29-21)11-16-7-9-18(28-16)17-8-6-15(24(26)27)10-14(17)5/h6-13H,1-5H3/b19-11-,22-21?. The fourth-order valence-electron chi connectivity index (χ4n) is 3.00. The summed E-state index contributed by atoms with van der Waals surface area (Å²) in [5.41, 5.74) is 1.56. The summed E-state index contributed by atoms with van der Waals surface area (Å²) in [5, 5.41) is 11.6. The van der Waals surface area contributed by atoms with Crippen molar-refractivity contribution < 1.29 is 14.1 Å². The van der Waals surface area contributed by atoms with E-state index in [2.05, 4.69) is 4.99 Å². The van der Waals surface area contributed by atoms with Crippen molar-refractivity contribution in [2.45, 2.75) is 46.7 Å². The number of furan rings is 1. The lowest BCUT2D eigenvalue weighted by Gasteiger charge is -2.20. The molecule has 152 valence electrons. The van der Waals surface area contributed by atoms with Gasteiger partial charge in [-0.05, 0) is 70.1 Å². The molecule has 1 fully saturated rings. The zero-order chi connectivity index (χ0) is 21.3. The lowest BCUT2D eigenvalue weighted by molar-refractivity contribution is -0.384. The molecule has 1 aliphatic heterocycles. The molecule has 2 heterocycles. The Kier molecular flexibility index (Phi) is 5.93. The van der Waals surface area contributed by atoms with Crippen molar-refractivity contribution >= 4 is 34.6 Å². The molecule has 0 atom stereocenters. The first kappa shape index (κ1) is 20.9.